The van der Waals surface area contributed by atoms with Gasteiger partial charge < -0.3 is 0 Å². The molecule has 0 amide bonds. The molecule has 0 saturated heterocycles. The Hall–Kier alpha value is -0.920. The third kappa shape index (κ3) is 5.52. The average molecular weight is 152 g/mol. The van der Waals surface area contributed by atoms with Crippen molar-refractivity contribution in [2.24, 2.45) is 0 Å². The van der Waals surface area contributed by atoms with Gasteiger partial charge in [-0.15, -0.1) is 0 Å². The molecule has 0 N–H and O–H groups in total. The zero-order valence-electron chi connectivity index (χ0n) is 7.54. The van der Waals surface area contributed by atoms with E-state index in [0.29, 0.717) is 0 Å². The lowest BCUT2D eigenvalue weighted by Gasteiger charge is -1.87. The van der Waals surface area contributed by atoms with E-state index in [1.54, 1.807) is 12.4 Å². The Morgan fingerprint density at radius 3 is 2.09 bits per heavy atom. The highest BCUT2D eigenvalue weighted by molar-refractivity contribution is 5.03. The topological polar surface area (TPSA) is 25.8 Å². The maximum absolute atomic E-state index is 3.71. The SMILES string of the molecule is CCC.CCc1ccnnc1. The molecule has 0 bridgehead atoms. The third-order valence-corrected chi connectivity index (χ3v) is 1.05. The molecule has 1 aromatic rings. The standard InChI is InChI=1S/C6H8N2.C3H8/c1-2-6-3-4-7-8-5-6;1-3-2/h3-5H,2H2,1H3;3H2,1-2H3. The van der Waals surface area contributed by atoms with Gasteiger partial charge in [-0.05, 0) is 18.1 Å². The highest BCUT2D eigenvalue weighted by atomic mass is 15.1. The highest BCUT2D eigenvalue weighted by Crippen LogP contribution is 1.91. The summed E-state index contributed by atoms with van der Waals surface area (Å²) in [5, 5.41) is 7.35. The minimum absolute atomic E-state index is 1.04. The summed E-state index contributed by atoms with van der Waals surface area (Å²) in [6, 6.07) is 1.97. The van der Waals surface area contributed by atoms with Gasteiger partial charge in [-0.2, -0.15) is 10.2 Å². The summed E-state index contributed by atoms with van der Waals surface area (Å²) in [6.45, 7) is 6.34. The van der Waals surface area contributed by atoms with Crippen molar-refractivity contribution >= 4 is 0 Å². The van der Waals surface area contributed by atoms with Gasteiger partial charge in [0, 0.05) is 6.20 Å². The Morgan fingerprint density at radius 1 is 1.18 bits per heavy atom. The first-order chi connectivity index (χ1) is 5.35. The molecule has 0 aliphatic carbocycles. The van der Waals surface area contributed by atoms with Crippen molar-refractivity contribution in [1.29, 1.82) is 0 Å². The van der Waals surface area contributed by atoms with Crippen LogP contribution in [0.3, 0.4) is 0 Å². The van der Waals surface area contributed by atoms with Gasteiger partial charge in [-0.3, -0.25) is 0 Å². The Morgan fingerprint density at radius 2 is 1.82 bits per heavy atom. The largest absolute Gasteiger partial charge is 0.159 e. The average Bonchev–Trinajstić information content (AvgIpc) is 2.08. The summed E-state index contributed by atoms with van der Waals surface area (Å²) in [6.07, 6.45) is 5.77. The van der Waals surface area contributed by atoms with Crippen LogP contribution in [-0.2, 0) is 6.42 Å². The summed E-state index contributed by atoms with van der Waals surface area (Å²) in [7, 11) is 0. The summed E-state index contributed by atoms with van der Waals surface area (Å²) in [4.78, 5) is 0. The van der Waals surface area contributed by atoms with Gasteiger partial charge in [0.15, 0.2) is 0 Å². The number of hydrogen-bond acceptors (Lipinski definition) is 2. The van der Waals surface area contributed by atoms with Crippen molar-refractivity contribution in [2.75, 3.05) is 0 Å². The molecule has 0 radical (unpaired) electrons. The zero-order chi connectivity index (χ0) is 8.53. The number of hydrogen-bond donors (Lipinski definition) is 0. The first-order valence-corrected chi connectivity index (χ1v) is 4.10. The molecule has 1 heterocycles. The van der Waals surface area contributed by atoms with E-state index in [1.807, 2.05) is 6.07 Å². The first-order valence-electron chi connectivity index (χ1n) is 4.10. The van der Waals surface area contributed by atoms with Crippen LogP contribution in [0.15, 0.2) is 18.5 Å². The van der Waals surface area contributed by atoms with Gasteiger partial charge in [-0.25, -0.2) is 0 Å². The fourth-order valence-corrected chi connectivity index (χ4v) is 0.527. The molecule has 0 aromatic carbocycles. The molecule has 2 nitrogen and oxygen atoms in total. The summed E-state index contributed by atoms with van der Waals surface area (Å²) in [5.74, 6) is 0. The molecule has 0 saturated carbocycles. The monoisotopic (exact) mass is 152 g/mol. The van der Waals surface area contributed by atoms with Crippen LogP contribution < -0.4 is 0 Å². The van der Waals surface area contributed by atoms with E-state index in [2.05, 4.69) is 31.0 Å². The Balaban J connectivity index is 0.000000292. The van der Waals surface area contributed by atoms with Crippen LogP contribution in [0, 0.1) is 0 Å². The lowest BCUT2D eigenvalue weighted by molar-refractivity contribution is 0.983. The fourth-order valence-electron chi connectivity index (χ4n) is 0.527. The molecule has 0 aliphatic rings. The van der Waals surface area contributed by atoms with Gasteiger partial charge in [0.2, 0.25) is 0 Å². The minimum atomic E-state index is 1.04. The lowest BCUT2D eigenvalue weighted by Crippen LogP contribution is -1.82. The van der Waals surface area contributed by atoms with E-state index in [0.717, 1.165) is 6.42 Å². The smallest absolute Gasteiger partial charge is 0.0528 e. The maximum atomic E-state index is 3.71. The first kappa shape index (κ1) is 10.1. The summed E-state index contributed by atoms with van der Waals surface area (Å²) in [5.41, 5.74) is 1.24. The lowest BCUT2D eigenvalue weighted by atomic mass is 10.2. The van der Waals surface area contributed by atoms with Crippen LogP contribution in [-0.4, -0.2) is 10.2 Å². The number of nitrogens with zero attached hydrogens (tertiary/aromatic N) is 2. The Bertz CT molecular complexity index is 160. The van der Waals surface area contributed by atoms with E-state index in [-0.39, 0.29) is 0 Å². The van der Waals surface area contributed by atoms with E-state index in [4.69, 9.17) is 0 Å². The number of aromatic nitrogens is 2. The molecule has 62 valence electrons. The Labute approximate surface area is 68.7 Å². The minimum Gasteiger partial charge on any atom is -0.159 e. The van der Waals surface area contributed by atoms with E-state index >= 15 is 0 Å². The molecule has 0 unspecified atom stereocenters. The molecule has 0 spiro atoms. The van der Waals surface area contributed by atoms with Crippen LogP contribution in [0.2, 0.25) is 0 Å². The molecule has 11 heavy (non-hydrogen) atoms. The van der Waals surface area contributed by atoms with Crippen molar-refractivity contribution in [1.82, 2.24) is 10.2 Å². The molecule has 0 atom stereocenters. The molecular weight excluding hydrogens is 136 g/mol. The second-order valence-electron chi connectivity index (χ2n) is 2.31. The predicted octanol–water partition coefficient (Wildman–Crippen LogP) is 2.46. The second-order valence-corrected chi connectivity index (χ2v) is 2.31. The van der Waals surface area contributed by atoms with E-state index < -0.39 is 0 Å². The Kier molecular flexibility index (Phi) is 6.59. The van der Waals surface area contributed by atoms with Crippen molar-refractivity contribution in [3.63, 3.8) is 0 Å². The summed E-state index contributed by atoms with van der Waals surface area (Å²) < 4.78 is 0. The zero-order valence-corrected chi connectivity index (χ0v) is 7.54. The van der Waals surface area contributed by atoms with Crippen LogP contribution in [0.5, 0.6) is 0 Å². The summed E-state index contributed by atoms with van der Waals surface area (Å²) >= 11 is 0. The van der Waals surface area contributed by atoms with E-state index in [9.17, 15) is 0 Å². The van der Waals surface area contributed by atoms with Crippen molar-refractivity contribution in [3.8, 4) is 0 Å². The van der Waals surface area contributed by atoms with Crippen molar-refractivity contribution < 1.29 is 0 Å². The normalized spacial score (nSPS) is 8.27. The van der Waals surface area contributed by atoms with Crippen LogP contribution in [0.25, 0.3) is 0 Å². The van der Waals surface area contributed by atoms with Gasteiger partial charge in [0.1, 0.15) is 0 Å². The maximum Gasteiger partial charge on any atom is 0.0528 e. The molecule has 1 aromatic heterocycles. The second kappa shape index (κ2) is 7.19. The van der Waals surface area contributed by atoms with Gasteiger partial charge in [0.25, 0.3) is 0 Å². The molecule has 1 rings (SSSR count). The molecular formula is C9H16N2. The van der Waals surface area contributed by atoms with Crippen LogP contribution in [0.4, 0.5) is 0 Å². The van der Waals surface area contributed by atoms with Gasteiger partial charge in [0.05, 0.1) is 6.20 Å². The highest BCUT2D eigenvalue weighted by Gasteiger charge is 1.82. The quantitative estimate of drug-likeness (QED) is 0.617. The fraction of sp³-hybridized carbons (Fsp3) is 0.556. The van der Waals surface area contributed by atoms with Crippen molar-refractivity contribution in [2.45, 2.75) is 33.6 Å². The van der Waals surface area contributed by atoms with Gasteiger partial charge >= 0.3 is 0 Å². The van der Waals surface area contributed by atoms with Crippen molar-refractivity contribution in [3.05, 3.63) is 24.0 Å². The molecule has 2 heteroatoms. The van der Waals surface area contributed by atoms with Crippen LogP contribution in [0.1, 0.15) is 32.8 Å². The molecule has 0 aliphatic heterocycles. The van der Waals surface area contributed by atoms with Crippen LogP contribution >= 0.6 is 0 Å². The number of rotatable bonds is 1. The molecule has 0 fully saturated rings. The number of aryl methyl sites for hydroxylation is 1. The van der Waals surface area contributed by atoms with Gasteiger partial charge in [-0.1, -0.05) is 27.2 Å². The predicted molar refractivity (Wildman–Crippen MR) is 47.4 cm³/mol. The third-order valence-electron chi connectivity index (χ3n) is 1.05. The van der Waals surface area contributed by atoms with E-state index in [1.165, 1.54) is 12.0 Å².